The van der Waals surface area contributed by atoms with Crippen LogP contribution < -0.4 is 11.3 Å². The largest absolute Gasteiger partial charge is 0.271 e. The minimum absolute atomic E-state index is 0.386. The third-order valence-corrected chi connectivity index (χ3v) is 5.44. The van der Waals surface area contributed by atoms with E-state index in [4.69, 9.17) is 5.84 Å². The molecule has 1 aromatic rings. The number of nitrogens with two attached hydrogens (primary N) is 1. The lowest BCUT2D eigenvalue weighted by atomic mass is 9.91. The van der Waals surface area contributed by atoms with Gasteiger partial charge in [-0.2, -0.15) is 11.8 Å². The van der Waals surface area contributed by atoms with Crippen LogP contribution in [0.3, 0.4) is 0 Å². The highest BCUT2D eigenvalue weighted by molar-refractivity contribution is 9.10. The highest BCUT2D eigenvalue weighted by Gasteiger charge is 2.19. The number of hydrazine groups is 1. The van der Waals surface area contributed by atoms with Gasteiger partial charge in [-0.25, -0.2) is 0 Å². The van der Waals surface area contributed by atoms with Gasteiger partial charge >= 0.3 is 0 Å². The molecule has 3 N–H and O–H groups in total. The SMILES string of the molecule is NNC(Cc1ccccc1Br)CC1CCSCC1. The Kier molecular flexibility index (Phi) is 6.02. The van der Waals surface area contributed by atoms with Crippen LogP contribution in [0.4, 0.5) is 0 Å². The van der Waals surface area contributed by atoms with Gasteiger partial charge in [0, 0.05) is 10.5 Å². The Morgan fingerprint density at radius 2 is 2.06 bits per heavy atom. The third kappa shape index (κ3) is 4.26. The molecule has 2 nitrogen and oxygen atoms in total. The first kappa shape index (κ1) is 14.4. The zero-order chi connectivity index (χ0) is 12.8. The Labute approximate surface area is 122 Å². The van der Waals surface area contributed by atoms with Gasteiger partial charge in [-0.3, -0.25) is 11.3 Å². The van der Waals surface area contributed by atoms with Crippen LogP contribution >= 0.6 is 27.7 Å². The molecule has 1 unspecified atom stereocenters. The lowest BCUT2D eigenvalue weighted by Crippen LogP contribution is -2.38. The zero-order valence-electron chi connectivity index (χ0n) is 10.6. The zero-order valence-corrected chi connectivity index (χ0v) is 13.0. The van der Waals surface area contributed by atoms with Gasteiger partial charge in [0.1, 0.15) is 0 Å². The fourth-order valence-electron chi connectivity index (χ4n) is 2.52. The summed E-state index contributed by atoms with van der Waals surface area (Å²) in [6, 6.07) is 8.80. The number of nitrogens with one attached hydrogen (secondary N) is 1. The second-order valence-electron chi connectivity index (χ2n) is 4.95. The van der Waals surface area contributed by atoms with Gasteiger partial charge in [0.25, 0.3) is 0 Å². The average molecular weight is 329 g/mol. The molecular formula is C14H21BrN2S. The van der Waals surface area contributed by atoms with E-state index >= 15 is 0 Å². The van der Waals surface area contributed by atoms with E-state index in [-0.39, 0.29) is 0 Å². The molecule has 1 aromatic carbocycles. The van der Waals surface area contributed by atoms with Gasteiger partial charge in [0.15, 0.2) is 0 Å². The maximum Gasteiger partial charge on any atom is 0.0253 e. The Morgan fingerprint density at radius 1 is 1.33 bits per heavy atom. The third-order valence-electron chi connectivity index (χ3n) is 3.62. The molecule has 1 atom stereocenters. The highest BCUT2D eigenvalue weighted by atomic mass is 79.9. The smallest absolute Gasteiger partial charge is 0.0253 e. The minimum atomic E-state index is 0.386. The maximum atomic E-state index is 5.72. The van der Waals surface area contributed by atoms with E-state index in [0.29, 0.717) is 6.04 Å². The van der Waals surface area contributed by atoms with E-state index in [1.165, 1.54) is 40.8 Å². The molecule has 4 heteroatoms. The van der Waals surface area contributed by atoms with Crippen LogP contribution in [0.2, 0.25) is 0 Å². The van der Waals surface area contributed by atoms with E-state index in [1.54, 1.807) is 0 Å². The summed E-state index contributed by atoms with van der Waals surface area (Å²) in [5.41, 5.74) is 4.34. The number of benzene rings is 1. The second-order valence-corrected chi connectivity index (χ2v) is 7.03. The normalized spacial score (nSPS) is 18.8. The maximum absolute atomic E-state index is 5.72. The van der Waals surface area contributed by atoms with Crippen molar-refractivity contribution in [2.24, 2.45) is 11.8 Å². The van der Waals surface area contributed by atoms with Gasteiger partial charge in [-0.15, -0.1) is 0 Å². The molecule has 0 amide bonds. The first-order chi connectivity index (χ1) is 8.79. The number of halogens is 1. The van der Waals surface area contributed by atoms with E-state index in [2.05, 4.69) is 57.4 Å². The molecule has 1 aliphatic heterocycles. The van der Waals surface area contributed by atoms with Gasteiger partial charge in [-0.05, 0) is 54.7 Å². The molecule has 1 saturated heterocycles. The van der Waals surface area contributed by atoms with Gasteiger partial charge in [0.2, 0.25) is 0 Å². The summed E-state index contributed by atoms with van der Waals surface area (Å²) in [6.45, 7) is 0. The summed E-state index contributed by atoms with van der Waals surface area (Å²) in [4.78, 5) is 0. The van der Waals surface area contributed by atoms with Crippen LogP contribution in [0.15, 0.2) is 28.7 Å². The standard InChI is InChI=1S/C14H21BrN2S/c15-14-4-2-1-3-12(14)10-13(17-16)9-11-5-7-18-8-6-11/h1-4,11,13,17H,5-10,16H2. The molecule has 100 valence electrons. The highest BCUT2D eigenvalue weighted by Crippen LogP contribution is 2.27. The van der Waals surface area contributed by atoms with E-state index in [1.807, 2.05) is 0 Å². The molecule has 0 spiro atoms. The summed E-state index contributed by atoms with van der Waals surface area (Å²) in [7, 11) is 0. The van der Waals surface area contributed by atoms with Crippen LogP contribution in [-0.2, 0) is 6.42 Å². The molecule has 0 aliphatic carbocycles. The van der Waals surface area contributed by atoms with Crippen LogP contribution in [0, 0.1) is 5.92 Å². The van der Waals surface area contributed by atoms with Crippen molar-refractivity contribution in [2.45, 2.75) is 31.7 Å². The van der Waals surface area contributed by atoms with E-state index < -0.39 is 0 Å². The first-order valence-electron chi connectivity index (χ1n) is 6.57. The fraction of sp³-hybridized carbons (Fsp3) is 0.571. The molecule has 2 rings (SSSR count). The Bertz CT molecular complexity index is 367. The van der Waals surface area contributed by atoms with Crippen LogP contribution in [0.5, 0.6) is 0 Å². The quantitative estimate of drug-likeness (QED) is 0.643. The number of rotatable bonds is 5. The minimum Gasteiger partial charge on any atom is -0.271 e. The molecule has 1 aliphatic rings. The van der Waals surface area contributed by atoms with Crippen molar-refractivity contribution in [3.63, 3.8) is 0 Å². The van der Waals surface area contributed by atoms with Crippen molar-refractivity contribution in [2.75, 3.05) is 11.5 Å². The van der Waals surface area contributed by atoms with Crippen LogP contribution in [0.25, 0.3) is 0 Å². The van der Waals surface area contributed by atoms with E-state index in [0.717, 1.165) is 12.3 Å². The van der Waals surface area contributed by atoms with Crippen molar-refractivity contribution in [3.8, 4) is 0 Å². The van der Waals surface area contributed by atoms with E-state index in [9.17, 15) is 0 Å². The molecule has 18 heavy (non-hydrogen) atoms. The topological polar surface area (TPSA) is 38.0 Å². The molecule has 0 aromatic heterocycles. The first-order valence-corrected chi connectivity index (χ1v) is 8.51. The van der Waals surface area contributed by atoms with Crippen molar-refractivity contribution in [1.82, 2.24) is 5.43 Å². The number of hydrogen-bond acceptors (Lipinski definition) is 3. The number of hydrogen-bond donors (Lipinski definition) is 2. The van der Waals surface area contributed by atoms with Crippen LogP contribution in [0.1, 0.15) is 24.8 Å². The monoisotopic (exact) mass is 328 g/mol. The van der Waals surface area contributed by atoms with Crippen molar-refractivity contribution >= 4 is 27.7 Å². The van der Waals surface area contributed by atoms with Gasteiger partial charge < -0.3 is 0 Å². The summed E-state index contributed by atoms with van der Waals surface area (Å²) in [5, 5.41) is 0. The predicted octanol–water partition coefficient (Wildman–Crippen LogP) is 3.36. The summed E-state index contributed by atoms with van der Waals surface area (Å²) < 4.78 is 1.18. The lowest BCUT2D eigenvalue weighted by Gasteiger charge is -2.26. The lowest BCUT2D eigenvalue weighted by molar-refractivity contribution is 0.365. The summed E-state index contributed by atoms with van der Waals surface area (Å²) >= 11 is 5.69. The van der Waals surface area contributed by atoms with Crippen molar-refractivity contribution in [1.29, 1.82) is 0 Å². The molecule has 1 heterocycles. The van der Waals surface area contributed by atoms with Gasteiger partial charge in [0.05, 0.1) is 0 Å². The van der Waals surface area contributed by atoms with Crippen molar-refractivity contribution in [3.05, 3.63) is 34.3 Å². The molecule has 0 radical (unpaired) electrons. The Hall–Kier alpha value is -0.0300. The molecular weight excluding hydrogens is 308 g/mol. The molecule has 0 bridgehead atoms. The fourth-order valence-corrected chi connectivity index (χ4v) is 4.17. The molecule has 1 fully saturated rings. The number of thioether (sulfide) groups is 1. The second kappa shape index (κ2) is 7.53. The summed E-state index contributed by atoms with van der Waals surface area (Å²) in [5.74, 6) is 9.19. The Morgan fingerprint density at radius 3 is 2.72 bits per heavy atom. The average Bonchev–Trinajstić information content (AvgIpc) is 2.41. The summed E-state index contributed by atoms with van der Waals surface area (Å²) in [6.07, 6.45) is 4.89. The Balaban J connectivity index is 1.90. The van der Waals surface area contributed by atoms with Gasteiger partial charge in [-0.1, -0.05) is 34.1 Å². The molecule has 0 saturated carbocycles. The van der Waals surface area contributed by atoms with Crippen molar-refractivity contribution < 1.29 is 0 Å². The predicted molar refractivity (Wildman–Crippen MR) is 83.6 cm³/mol. The van der Waals surface area contributed by atoms with Crippen LogP contribution in [-0.4, -0.2) is 17.5 Å².